The molecule has 0 N–H and O–H groups in total. The highest BCUT2D eigenvalue weighted by Gasteiger charge is 2.14. The molecule has 0 amide bonds. The molecule has 0 aliphatic rings. The van der Waals surface area contributed by atoms with E-state index in [0.29, 0.717) is 5.52 Å². The molecule has 2 rings (SSSR count). The zero-order valence-electron chi connectivity index (χ0n) is 7.94. The first-order valence-corrected chi connectivity index (χ1v) is 6.51. The highest BCUT2D eigenvalue weighted by molar-refractivity contribution is 7.90. The molecule has 0 aliphatic heterocycles. The van der Waals surface area contributed by atoms with Gasteiger partial charge in [0.25, 0.3) is 0 Å². The van der Waals surface area contributed by atoms with Crippen LogP contribution in [0.15, 0.2) is 35.2 Å². The predicted octanol–water partition coefficient (Wildman–Crippen LogP) is 2.29. The summed E-state index contributed by atoms with van der Waals surface area (Å²) < 4.78 is 22.7. The van der Waals surface area contributed by atoms with Gasteiger partial charge < -0.3 is 0 Å². The van der Waals surface area contributed by atoms with E-state index in [2.05, 4.69) is 4.98 Å². The van der Waals surface area contributed by atoms with Gasteiger partial charge >= 0.3 is 0 Å². The van der Waals surface area contributed by atoms with Crippen LogP contribution in [-0.4, -0.2) is 19.7 Å². The number of benzene rings is 1. The first-order chi connectivity index (χ1) is 6.98. The molecule has 0 atom stereocenters. The molecule has 15 heavy (non-hydrogen) atoms. The molecular formula is C10H8ClNO2S. The molecule has 2 aromatic rings. The molecule has 0 saturated heterocycles. The number of halogens is 1. The summed E-state index contributed by atoms with van der Waals surface area (Å²) in [4.78, 5) is 4.10. The van der Waals surface area contributed by atoms with Crippen molar-refractivity contribution in [3.05, 3.63) is 35.5 Å². The number of hydrogen-bond donors (Lipinski definition) is 0. The molecule has 0 fully saturated rings. The molecule has 0 spiro atoms. The van der Waals surface area contributed by atoms with Crippen LogP contribution in [0.4, 0.5) is 0 Å². The van der Waals surface area contributed by atoms with Crippen molar-refractivity contribution in [2.75, 3.05) is 6.26 Å². The zero-order chi connectivity index (χ0) is 11.1. The molecule has 1 aromatic heterocycles. The fraction of sp³-hybridized carbons (Fsp3) is 0.100. The maximum absolute atomic E-state index is 11.4. The van der Waals surface area contributed by atoms with Gasteiger partial charge in [-0.05, 0) is 12.1 Å². The Balaban J connectivity index is 2.84. The second kappa shape index (κ2) is 3.47. The smallest absolute Gasteiger partial charge is 0.178 e. The van der Waals surface area contributed by atoms with Gasteiger partial charge in [-0.3, -0.25) is 0 Å². The number of sulfone groups is 1. The summed E-state index contributed by atoms with van der Waals surface area (Å²) in [6.45, 7) is 0. The van der Waals surface area contributed by atoms with Gasteiger partial charge in [-0.15, -0.1) is 0 Å². The maximum Gasteiger partial charge on any atom is 0.178 e. The maximum atomic E-state index is 11.4. The number of hydrogen-bond acceptors (Lipinski definition) is 3. The van der Waals surface area contributed by atoms with Crippen molar-refractivity contribution in [3.63, 3.8) is 0 Å². The summed E-state index contributed by atoms with van der Waals surface area (Å²) in [6.07, 6.45) is 1.12. The molecule has 0 radical (unpaired) electrons. The third-order valence-corrected chi connectivity index (χ3v) is 3.56. The fourth-order valence-corrected chi connectivity index (χ4v) is 2.59. The quantitative estimate of drug-likeness (QED) is 0.720. The Kier molecular flexibility index (Phi) is 2.40. The van der Waals surface area contributed by atoms with Gasteiger partial charge in [0, 0.05) is 11.6 Å². The van der Waals surface area contributed by atoms with Crippen LogP contribution in [0.1, 0.15) is 0 Å². The first-order valence-electron chi connectivity index (χ1n) is 4.24. The third-order valence-electron chi connectivity index (χ3n) is 2.04. The largest absolute Gasteiger partial charge is 0.235 e. The van der Waals surface area contributed by atoms with Crippen LogP contribution >= 0.6 is 11.6 Å². The molecule has 1 aromatic carbocycles. The van der Waals surface area contributed by atoms with E-state index in [1.165, 1.54) is 0 Å². The van der Waals surface area contributed by atoms with Crippen LogP contribution in [0.25, 0.3) is 10.9 Å². The molecule has 5 heteroatoms. The minimum Gasteiger partial charge on any atom is -0.235 e. The molecular weight excluding hydrogens is 234 g/mol. The van der Waals surface area contributed by atoms with Crippen LogP contribution in [0.5, 0.6) is 0 Å². The Labute approximate surface area is 92.6 Å². The van der Waals surface area contributed by atoms with E-state index >= 15 is 0 Å². The average molecular weight is 242 g/mol. The van der Waals surface area contributed by atoms with Crippen LogP contribution in [0.2, 0.25) is 5.15 Å². The zero-order valence-corrected chi connectivity index (χ0v) is 9.51. The minimum atomic E-state index is -3.32. The van der Waals surface area contributed by atoms with Crippen molar-refractivity contribution in [2.45, 2.75) is 4.90 Å². The van der Waals surface area contributed by atoms with Crippen LogP contribution < -0.4 is 0 Å². The fourth-order valence-electron chi connectivity index (χ4n) is 1.33. The summed E-state index contributed by atoms with van der Waals surface area (Å²) in [5, 5.41) is 0.790. The van der Waals surface area contributed by atoms with Gasteiger partial charge in [0.15, 0.2) is 9.84 Å². The molecule has 0 saturated carbocycles. The molecule has 3 nitrogen and oxygen atoms in total. The summed E-state index contributed by atoms with van der Waals surface area (Å²) >= 11 is 5.80. The lowest BCUT2D eigenvalue weighted by molar-refractivity contribution is 0.601. The second-order valence-corrected chi connectivity index (χ2v) is 5.58. The van der Waals surface area contributed by atoms with E-state index < -0.39 is 9.84 Å². The van der Waals surface area contributed by atoms with Gasteiger partial charge in [0.2, 0.25) is 0 Å². The van der Waals surface area contributed by atoms with Crippen molar-refractivity contribution in [3.8, 4) is 0 Å². The summed E-state index contributed by atoms with van der Waals surface area (Å²) in [6, 6.07) is 8.77. The normalized spacial score (nSPS) is 11.9. The van der Waals surface area contributed by atoms with E-state index in [9.17, 15) is 8.42 Å². The lowest BCUT2D eigenvalue weighted by Gasteiger charge is -2.03. The van der Waals surface area contributed by atoms with Gasteiger partial charge in [-0.25, -0.2) is 13.4 Å². The van der Waals surface area contributed by atoms with E-state index in [1.807, 2.05) is 12.1 Å². The Morgan fingerprint density at radius 3 is 2.60 bits per heavy atom. The number of aromatic nitrogens is 1. The number of para-hydroxylation sites is 1. The SMILES string of the molecule is CS(=O)(=O)c1cc2ccccc2nc1Cl. The lowest BCUT2D eigenvalue weighted by Crippen LogP contribution is -1.99. The van der Waals surface area contributed by atoms with Crippen molar-refractivity contribution in [2.24, 2.45) is 0 Å². The summed E-state index contributed by atoms with van der Waals surface area (Å²) in [5.41, 5.74) is 0.690. The Morgan fingerprint density at radius 2 is 1.93 bits per heavy atom. The molecule has 78 valence electrons. The lowest BCUT2D eigenvalue weighted by atomic mass is 10.2. The number of nitrogens with zero attached hydrogens (tertiary/aromatic N) is 1. The topological polar surface area (TPSA) is 47.0 Å². The number of fused-ring (bicyclic) bond motifs is 1. The number of rotatable bonds is 1. The Morgan fingerprint density at radius 1 is 1.27 bits per heavy atom. The van der Waals surface area contributed by atoms with Crippen LogP contribution in [0.3, 0.4) is 0 Å². The summed E-state index contributed by atoms with van der Waals surface area (Å²) in [5.74, 6) is 0. The Hall–Kier alpha value is -1.13. The van der Waals surface area contributed by atoms with Crippen molar-refractivity contribution < 1.29 is 8.42 Å². The van der Waals surface area contributed by atoms with Crippen molar-refractivity contribution in [1.29, 1.82) is 0 Å². The van der Waals surface area contributed by atoms with Crippen LogP contribution in [0, 0.1) is 0 Å². The van der Waals surface area contributed by atoms with E-state index in [-0.39, 0.29) is 10.0 Å². The van der Waals surface area contributed by atoms with E-state index in [1.54, 1.807) is 18.2 Å². The van der Waals surface area contributed by atoms with E-state index in [4.69, 9.17) is 11.6 Å². The molecule has 0 unspecified atom stereocenters. The van der Waals surface area contributed by atoms with Crippen molar-refractivity contribution in [1.82, 2.24) is 4.98 Å². The van der Waals surface area contributed by atoms with E-state index in [0.717, 1.165) is 11.6 Å². The molecule has 0 bridgehead atoms. The van der Waals surface area contributed by atoms with Gasteiger partial charge in [0.1, 0.15) is 10.0 Å². The minimum absolute atomic E-state index is 0.0243. The standard InChI is InChI=1S/C10H8ClNO2S/c1-15(13,14)9-6-7-4-2-3-5-8(7)12-10(9)11/h2-6H,1H3. The van der Waals surface area contributed by atoms with Gasteiger partial charge in [-0.2, -0.15) is 0 Å². The van der Waals surface area contributed by atoms with Crippen molar-refractivity contribution >= 4 is 32.3 Å². The summed E-state index contributed by atoms with van der Waals surface area (Å²) in [7, 11) is -3.32. The Bertz CT molecular complexity index is 622. The highest BCUT2D eigenvalue weighted by atomic mass is 35.5. The predicted molar refractivity (Wildman–Crippen MR) is 59.9 cm³/mol. The highest BCUT2D eigenvalue weighted by Crippen LogP contribution is 2.23. The first kappa shape index (κ1) is 10.4. The second-order valence-electron chi connectivity index (χ2n) is 3.24. The number of pyridine rings is 1. The average Bonchev–Trinajstić information content (AvgIpc) is 2.15. The molecule has 0 aliphatic carbocycles. The monoisotopic (exact) mass is 241 g/mol. The van der Waals surface area contributed by atoms with Crippen LogP contribution in [-0.2, 0) is 9.84 Å². The van der Waals surface area contributed by atoms with Gasteiger partial charge in [-0.1, -0.05) is 29.8 Å². The third kappa shape index (κ3) is 1.96. The van der Waals surface area contributed by atoms with Gasteiger partial charge in [0.05, 0.1) is 5.52 Å². The molecule has 1 heterocycles.